The van der Waals surface area contributed by atoms with E-state index in [1.807, 2.05) is 23.9 Å². The second-order valence-corrected chi connectivity index (χ2v) is 4.05. The van der Waals surface area contributed by atoms with E-state index >= 15 is 0 Å². The molecular weight excluding hydrogens is 194 g/mol. The molecule has 1 aromatic rings. The van der Waals surface area contributed by atoms with Gasteiger partial charge in [-0.3, -0.25) is 0 Å². The molecule has 2 nitrogen and oxygen atoms in total. The van der Waals surface area contributed by atoms with Crippen LogP contribution >= 0.6 is 11.8 Å². The number of ether oxygens (including phenoxy) is 1. The van der Waals surface area contributed by atoms with Crippen molar-refractivity contribution >= 4 is 17.5 Å². The van der Waals surface area contributed by atoms with Gasteiger partial charge >= 0.3 is 0 Å². The first-order chi connectivity index (χ1) is 6.81. The Balaban J connectivity index is 2.24. The topological polar surface area (TPSA) is 12.5 Å². The van der Waals surface area contributed by atoms with Crippen molar-refractivity contribution in [1.29, 1.82) is 0 Å². The fourth-order valence-corrected chi connectivity index (χ4v) is 2.35. The molecule has 0 spiro atoms. The Labute approximate surface area is 88.6 Å². The highest BCUT2D eigenvalue weighted by Crippen LogP contribution is 2.29. The van der Waals surface area contributed by atoms with E-state index < -0.39 is 0 Å². The van der Waals surface area contributed by atoms with E-state index in [0.717, 1.165) is 11.6 Å². The third kappa shape index (κ3) is 1.73. The molecule has 74 valence electrons. The first kappa shape index (κ1) is 9.46. The van der Waals surface area contributed by atoms with E-state index in [0.29, 0.717) is 0 Å². The number of rotatable bonds is 2. The van der Waals surface area contributed by atoms with Crippen LogP contribution in [-0.2, 0) is 0 Å². The largest absolute Gasteiger partial charge is 0.497 e. The van der Waals surface area contributed by atoms with Crippen molar-refractivity contribution in [3.63, 3.8) is 0 Å². The quantitative estimate of drug-likeness (QED) is 0.739. The predicted octanol–water partition coefficient (Wildman–Crippen LogP) is 2.63. The maximum Gasteiger partial charge on any atom is 0.118 e. The molecule has 3 heteroatoms. The summed E-state index contributed by atoms with van der Waals surface area (Å²) in [6, 6.07) is 8.17. The van der Waals surface area contributed by atoms with Crippen molar-refractivity contribution in [2.75, 3.05) is 20.0 Å². The van der Waals surface area contributed by atoms with Gasteiger partial charge in [0.15, 0.2) is 0 Å². The van der Waals surface area contributed by atoms with Crippen LogP contribution in [0.2, 0.25) is 0 Å². The van der Waals surface area contributed by atoms with Gasteiger partial charge in [-0.1, -0.05) is 0 Å². The Hall–Kier alpha value is -1.09. The molecule has 14 heavy (non-hydrogen) atoms. The van der Waals surface area contributed by atoms with Crippen molar-refractivity contribution < 1.29 is 4.74 Å². The summed E-state index contributed by atoms with van der Waals surface area (Å²) in [6.45, 7) is 0. The summed E-state index contributed by atoms with van der Waals surface area (Å²) in [5, 5.41) is 2.20. The smallest absolute Gasteiger partial charge is 0.118 e. The van der Waals surface area contributed by atoms with Crippen LogP contribution in [0.15, 0.2) is 29.7 Å². The molecule has 0 amide bonds. The van der Waals surface area contributed by atoms with E-state index in [9.17, 15) is 0 Å². The van der Waals surface area contributed by atoms with Gasteiger partial charge < -0.3 is 9.64 Å². The average Bonchev–Trinajstić information content (AvgIpc) is 2.65. The lowest BCUT2D eigenvalue weighted by Gasteiger charge is -2.15. The molecule has 0 saturated carbocycles. The monoisotopic (exact) mass is 207 g/mol. The maximum absolute atomic E-state index is 5.12. The summed E-state index contributed by atoms with van der Waals surface area (Å²) in [6.07, 6.45) is 0. The lowest BCUT2D eigenvalue weighted by atomic mass is 10.1. The number of nitrogens with zero attached hydrogens (tertiary/aromatic N) is 1. The van der Waals surface area contributed by atoms with Gasteiger partial charge in [0.1, 0.15) is 5.75 Å². The normalized spacial score (nSPS) is 15.6. The lowest BCUT2D eigenvalue weighted by molar-refractivity contribution is 0.414. The Morgan fingerprint density at radius 1 is 1.29 bits per heavy atom. The maximum atomic E-state index is 5.12. The Kier molecular flexibility index (Phi) is 2.68. The summed E-state index contributed by atoms with van der Waals surface area (Å²) in [7, 11) is 3.79. The number of benzene rings is 1. The molecule has 1 aliphatic rings. The second-order valence-electron chi connectivity index (χ2n) is 3.23. The van der Waals surface area contributed by atoms with Gasteiger partial charge in [-0.05, 0) is 35.2 Å². The molecule has 1 aliphatic heterocycles. The number of hydrogen-bond acceptors (Lipinski definition) is 3. The van der Waals surface area contributed by atoms with Gasteiger partial charge in [0.05, 0.1) is 18.7 Å². The van der Waals surface area contributed by atoms with Crippen LogP contribution in [0.4, 0.5) is 0 Å². The van der Waals surface area contributed by atoms with Gasteiger partial charge in [-0.25, -0.2) is 0 Å². The standard InChI is InChI=1S/C11H13NOS/c1-12-8-14-7-11(12)9-3-5-10(13-2)6-4-9/h3-7H,8H2,1-2H3. The second kappa shape index (κ2) is 3.96. The van der Waals surface area contributed by atoms with Gasteiger partial charge in [-0.2, -0.15) is 0 Å². The van der Waals surface area contributed by atoms with Crippen LogP contribution in [0, 0.1) is 0 Å². The minimum atomic E-state index is 0.905. The molecule has 0 aromatic heterocycles. The highest BCUT2D eigenvalue weighted by atomic mass is 32.2. The molecule has 0 aliphatic carbocycles. The van der Waals surface area contributed by atoms with Gasteiger partial charge in [-0.15, -0.1) is 11.8 Å². The number of thioether (sulfide) groups is 1. The molecular formula is C11H13NOS. The lowest BCUT2D eigenvalue weighted by Crippen LogP contribution is -2.10. The summed E-state index contributed by atoms with van der Waals surface area (Å²) < 4.78 is 5.12. The van der Waals surface area contributed by atoms with Crippen molar-refractivity contribution in [3.8, 4) is 5.75 Å². The fourth-order valence-electron chi connectivity index (χ4n) is 1.44. The van der Waals surface area contributed by atoms with E-state index in [1.54, 1.807) is 7.11 Å². The van der Waals surface area contributed by atoms with E-state index in [2.05, 4.69) is 29.5 Å². The molecule has 1 aromatic carbocycles. The van der Waals surface area contributed by atoms with E-state index in [-0.39, 0.29) is 0 Å². The summed E-state index contributed by atoms with van der Waals surface area (Å²) in [5.74, 6) is 1.95. The van der Waals surface area contributed by atoms with Crippen molar-refractivity contribution in [1.82, 2.24) is 4.90 Å². The van der Waals surface area contributed by atoms with Gasteiger partial charge in [0.2, 0.25) is 0 Å². The molecule has 0 N–H and O–H groups in total. The van der Waals surface area contributed by atoms with Crippen LogP contribution in [0.25, 0.3) is 5.70 Å². The van der Waals surface area contributed by atoms with E-state index in [1.165, 1.54) is 11.3 Å². The Bertz CT molecular complexity index is 345. The van der Waals surface area contributed by atoms with Crippen LogP contribution in [0.3, 0.4) is 0 Å². The predicted molar refractivity (Wildman–Crippen MR) is 61.2 cm³/mol. The third-order valence-corrected chi connectivity index (χ3v) is 3.19. The molecule has 0 atom stereocenters. The molecule has 0 bridgehead atoms. The molecule has 0 unspecified atom stereocenters. The zero-order valence-electron chi connectivity index (χ0n) is 8.36. The zero-order chi connectivity index (χ0) is 9.97. The Morgan fingerprint density at radius 2 is 2.00 bits per heavy atom. The highest BCUT2D eigenvalue weighted by molar-refractivity contribution is 8.02. The fraction of sp³-hybridized carbons (Fsp3) is 0.273. The number of hydrogen-bond donors (Lipinski definition) is 0. The highest BCUT2D eigenvalue weighted by Gasteiger charge is 2.12. The van der Waals surface area contributed by atoms with Crippen LogP contribution < -0.4 is 4.74 Å². The summed E-state index contributed by atoms with van der Waals surface area (Å²) >= 11 is 1.83. The molecule has 2 rings (SSSR count). The first-order valence-electron chi connectivity index (χ1n) is 4.48. The minimum Gasteiger partial charge on any atom is -0.497 e. The minimum absolute atomic E-state index is 0.905. The van der Waals surface area contributed by atoms with Crippen LogP contribution in [-0.4, -0.2) is 24.9 Å². The zero-order valence-corrected chi connectivity index (χ0v) is 9.17. The summed E-state index contributed by atoms with van der Waals surface area (Å²) in [4.78, 5) is 2.24. The first-order valence-corrected chi connectivity index (χ1v) is 5.53. The molecule has 0 fully saturated rings. The number of methoxy groups -OCH3 is 1. The van der Waals surface area contributed by atoms with Crippen molar-refractivity contribution in [2.45, 2.75) is 0 Å². The SMILES string of the molecule is COc1ccc(C2=CSCN2C)cc1. The van der Waals surface area contributed by atoms with Crippen LogP contribution in [0.5, 0.6) is 5.75 Å². The van der Waals surface area contributed by atoms with Crippen molar-refractivity contribution in [2.24, 2.45) is 0 Å². The Morgan fingerprint density at radius 3 is 2.50 bits per heavy atom. The summed E-state index contributed by atoms with van der Waals surface area (Å²) in [5.41, 5.74) is 2.54. The van der Waals surface area contributed by atoms with Crippen LogP contribution in [0.1, 0.15) is 5.56 Å². The van der Waals surface area contributed by atoms with Gasteiger partial charge in [0.25, 0.3) is 0 Å². The molecule has 0 saturated heterocycles. The van der Waals surface area contributed by atoms with Crippen molar-refractivity contribution in [3.05, 3.63) is 35.2 Å². The molecule has 1 heterocycles. The molecule has 0 radical (unpaired) electrons. The third-order valence-electron chi connectivity index (χ3n) is 2.26. The van der Waals surface area contributed by atoms with Gasteiger partial charge in [0, 0.05) is 7.05 Å². The van der Waals surface area contributed by atoms with E-state index in [4.69, 9.17) is 4.74 Å². The average molecular weight is 207 g/mol.